The average Bonchev–Trinajstić information content (AvgIpc) is 2.33. The van der Waals surface area contributed by atoms with Gasteiger partial charge in [0.05, 0.1) is 11.1 Å². The van der Waals surface area contributed by atoms with Crippen molar-refractivity contribution in [1.29, 1.82) is 0 Å². The molecule has 2 amide bonds. The molecule has 110 valence electrons. The van der Waals surface area contributed by atoms with E-state index in [0.29, 0.717) is 6.07 Å². The van der Waals surface area contributed by atoms with Gasteiger partial charge in [0, 0.05) is 25.7 Å². The lowest BCUT2D eigenvalue weighted by molar-refractivity contribution is -0.137. The van der Waals surface area contributed by atoms with E-state index >= 15 is 0 Å². The summed E-state index contributed by atoms with van der Waals surface area (Å²) >= 11 is 0. The zero-order valence-electron chi connectivity index (χ0n) is 10.7. The SMILES string of the molecule is CC(=O)NCCNC(=O)c1cc(C(F)(F)F)ccc1N. The number of amides is 2. The smallest absolute Gasteiger partial charge is 0.398 e. The predicted molar refractivity (Wildman–Crippen MR) is 66.9 cm³/mol. The van der Waals surface area contributed by atoms with Crippen LogP contribution in [0.2, 0.25) is 0 Å². The van der Waals surface area contributed by atoms with E-state index in [4.69, 9.17) is 5.73 Å². The first-order chi connectivity index (χ1) is 9.21. The van der Waals surface area contributed by atoms with Gasteiger partial charge < -0.3 is 16.4 Å². The van der Waals surface area contributed by atoms with Gasteiger partial charge in [-0.25, -0.2) is 0 Å². The van der Waals surface area contributed by atoms with Gasteiger partial charge in [-0.3, -0.25) is 9.59 Å². The zero-order chi connectivity index (χ0) is 15.3. The molecule has 0 aromatic heterocycles. The van der Waals surface area contributed by atoms with Crippen molar-refractivity contribution in [3.05, 3.63) is 29.3 Å². The second-order valence-electron chi connectivity index (χ2n) is 4.04. The largest absolute Gasteiger partial charge is 0.416 e. The van der Waals surface area contributed by atoms with Gasteiger partial charge >= 0.3 is 6.18 Å². The third-order valence-electron chi connectivity index (χ3n) is 2.41. The van der Waals surface area contributed by atoms with Crippen molar-refractivity contribution in [2.45, 2.75) is 13.1 Å². The fourth-order valence-corrected chi connectivity index (χ4v) is 1.44. The van der Waals surface area contributed by atoms with Gasteiger partial charge in [-0.1, -0.05) is 0 Å². The van der Waals surface area contributed by atoms with E-state index in [-0.39, 0.29) is 30.2 Å². The maximum absolute atomic E-state index is 12.5. The van der Waals surface area contributed by atoms with E-state index in [0.717, 1.165) is 12.1 Å². The number of carbonyl (C=O) groups excluding carboxylic acids is 2. The van der Waals surface area contributed by atoms with Crippen LogP contribution in [0.4, 0.5) is 18.9 Å². The number of rotatable bonds is 4. The second-order valence-corrected chi connectivity index (χ2v) is 4.04. The van der Waals surface area contributed by atoms with Crippen molar-refractivity contribution in [2.75, 3.05) is 18.8 Å². The Morgan fingerprint density at radius 2 is 1.80 bits per heavy atom. The van der Waals surface area contributed by atoms with Crippen LogP contribution in [0.1, 0.15) is 22.8 Å². The number of hydrogen-bond acceptors (Lipinski definition) is 3. The molecule has 1 rings (SSSR count). The third kappa shape index (κ3) is 4.45. The Labute approximate surface area is 113 Å². The zero-order valence-corrected chi connectivity index (χ0v) is 10.7. The average molecular weight is 289 g/mol. The highest BCUT2D eigenvalue weighted by Crippen LogP contribution is 2.31. The van der Waals surface area contributed by atoms with Crippen molar-refractivity contribution in [2.24, 2.45) is 0 Å². The van der Waals surface area contributed by atoms with Gasteiger partial charge in [0.25, 0.3) is 5.91 Å². The van der Waals surface area contributed by atoms with Crippen molar-refractivity contribution in [1.82, 2.24) is 10.6 Å². The molecule has 0 saturated carbocycles. The van der Waals surface area contributed by atoms with Crippen LogP contribution in [0.5, 0.6) is 0 Å². The molecule has 0 spiro atoms. The third-order valence-corrected chi connectivity index (χ3v) is 2.41. The predicted octanol–water partition coefficient (Wildman–Crippen LogP) is 1.15. The number of alkyl halides is 3. The van der Waals surface area contributed by atoms with E-state index in [1.54, 1.807) is 0 Å². The lowest BCUT2D eigenvalue weighted by Crippen LogP contribution is -2.34. The van der Waals surface area contributed by atoms with Crippen LogP contribution in [0, 0.1) is 0 Å². The lowest BCUT2D eigenvalue weighted by Gasteiger charge is -2.11. The van der Waals surface area contributed by atoms with Crippen molar-refractivity contribution in [3.8, 4) is 0 Å². The molecule has 1 aromatic carbocycles. The first-order valence-electron chi connectivity index (χ1n) is 5.71. The van der Waals surface area contributed by atoms with Crippen LogP contribution < -0.4 is 16.4 Å². The van der Waals surface area contributed by atoms with Crippen LogP contribution in [0.15, 0.2) is 18.2 Å². The molecule has 0 unspecified atom stereocenters. The molecular weight excluding hydrogens is 275 g/mol. The van der Waals surface area contributed by atoms with E-state index < -0.39 is 17.6 Å². The van der Waals surface area contributed by atoms with Crippen LogP contribution in [-0.2, 0) is 11.0 Å². The summed E-state index contributed by atoms with van der Waals surface area (Å²) in [5.74, 6) is -0.989. The van der Waals surface area contributed by atoms with Crippen LogP contribution in [0.25, 0.3) is 0 Å². The van der Waals surface area contributed by atoms with Gasteiger partial charge in [-0.2, -0.15) is 13.2 Å². The van der Waals surface area contributed by atoms with Crippen LogP contribution in [0.3, 0.4) is 0 Å². The molecule has 0 bridgehead atoms. The minimum atomic E-state index is -4.54. The quantitative estimate of drug-likeness (QED) is 0.574. The molecule has 8 heteroatoms. The van der Waals surface area contributed by atoms with Gasteiger partial charge in [-0.15, -0.1) is 0 Å². The van der Waals surface area contributed by atoms with Gasteiger partial charge in [0.2, 0.25) is 5.91 Å². The summed E-state index contributed by atoms with van der Waals surface area (Å²) in [5.41, 5.74) is 4.25. The molecule has 1 aromatic rings. The number of benzene rings is 1. The van der Waals surface area contributed by atoms with Crippen molar-refractivity contribution >= 4 is 17.5 Å². The summed E-state index contributed by atoms with van der Waals surface area (Å²) in [6, 6.07) is 2.54. The molecular formula is C12H14F3N3O2. The van der Waals surface area contributed by atoms with E-state index in [1.807, 2.05) is 0 Å². The number of nitrogens with two attached hydrogens (primary N) is 1. The fourth-order valence-electron chi connectivity index (χ4n) is 1.44. The number of nitrogens with one attached hydrogen (secondary N) is 2. The van der Waals surface area contributed by atoms with Crippen LogP contribution in [-0.4, -0.2) is 24.9 Å². The molecule has 5 nitrogen and oxygen atoms in total. The summed E-state index contributed by atoms with van der Waals surface area (Å²) in [4.78, 5) is 22.3. The lowest BCUT2D eigenvalue weighted by atomic mass is 10.1. The summed E-state index contributed by atoms with van der Waals surface area (Å²) < 4.78 is 37.6. The molecule has 0 aliphatic carbocycles. The summed E-state index contributed by atoms with van der Waals surface area (Å²) in [6.07, 6.45) is -4.54. The minimum Gasteiger partial charge on any atom is -0.398 e. The maximum atomic E-state index is 12.5. The Kier molecular flexibility index (Phi) is 4.95. The normalized spacial score (nSPS) is 11.0. The molecule has 0 atom stereocenters. The summed E-state index contributed by atoms with van der Waals surface area (Å²) in [7, 11) is 0. The van der Waals surface area contributed by atoms with Gasteiger partial charge in [0.1, 0.15) is 0 Å². The van der Waals surface area contributed by atoms with E-state index in [9.17, 15) is 22.8 Å². The second kappa shape index (κ2) is 6.27. The Balaban J connectivity index is 2.74. The highest BCUT2D eigenvalue weighted by atomic mass is 19.4. The molecule has 0 aliphatic heterocycles. The number of nitrogen functional groups attached to an aromatic ring is 1. The Morgan fingerprint density at radius 3 is 2.35 bits per heavy atom. The monoisotopic (exact) mass is 289 g/mol. The molecule has 20 heavy (non-hydrogen) atoms. The molecule has 0 saturated heterocycles. The first-order valence-corrected chi connectivity index (χ1v) is 5.71. The number of hydrogen-bond donors (Lipinski definition) is 3. The number of halogens is 3. The van der Waals surface area contributed by atoms with Crippen LogP contribution >= 0.6 is 0 Å². The minimum absolute atomic E-state index is 0.0463. The molecule has 0 aliphatic rings. The summed E-state index contributed by atoms with van der Waals surface area (Å²) in [6.45, 7) is 1.58. The van der Waals surface area contributed by atoms with Gasteiger partial charge in [-0.05, 0) is 18.2 Å². The first kappa shape index (κ1) is 15.8. The standard InChI is InChI=1S/C12H14F3N3O2/c1-7(19)17-4-5-18-11(20)9-6-8(12(13,14)15)2-3-10(9)16/h2-3,6H,4-5,16H2,1H3,(H,17,19)(H,18,20). The fraction of sp³-hybridized carbons (Fsp3) is 0.333. The molecule has 0 heterocycles. The maximum Gasteiger partial charge on any atom is 0.416 e. The van der Waals surface area contributed by atoms with Crippen molar-refractivity contribution in [3.63, 3.8) is 0 Å². The molecule has 4 N–H and O–H groups in total. The topological polar surface area (TPSA) is 84.2 Å². The number of carbonyl (C=O) groups is 2. The van der Waals surface area contributed by atoms with E-state index in [1.165, 1.54) is 6.92 Å². The highest BCUT2D eigenvalue weighted by molar-refractivity contribution is 5.99. The Morgan fingerprint density at radius 1 is 1.20 bits per heavy atom. The van der Waals surface area contributed by atoms with E-state index in [2.05, 4.69) is 10.6 Å². The number of anilines is 1. The Bertz CT molecular complexity index is 515. The van der Waals surface area contributed by atoms with Gasteiger partial charge in [0.15, 0.2) is 0 Å². The Hall–Kier alpha value is -2.25. The summed E-state index contributed by atoms with van der Waals surface area (Å²) in [5, 5.41) is 4.81. The van der Waals surface area contributed by atoms with Crippen molar-refractivity contribution < 1.29 is 22.8 Å². The molecule has 0 fully saturated rings. The highest BCUT2D eigenvalue weighted by Gasteiger charge is 2.31. The molecule has 0 radical (unpaired) electrons.